The molecule has 0 aromatic carbocycles. The van der Waals surface area contributed by atoms with Crippen LogP contribution in [0.4, 0.5) is 0 Å². The topological polar surface area (TPSA) is 46.5 Å². The van der Waals surface area contributed by atoms with Gasteiger partial charge in [0.05, 0.1) is 19.1 Å². The molecule has 14 heavy (non-hydrogen) atoms. The van der Waals surface area contributed by atoms with Gasteiger partial charge in [-0.15, -0.1) is 0 Å². The van der Waals surface area contributed by atoms with Gasteiger partial charge in [-0.3, -0.25) is 4.79 Å². The van der Waals surface area contributed by atoms with E-state index >= 15 is 0 Å². The first-order valence-electron chi connectivity index (χ1n) is 5.07. The lowest BCUT2D eigenvalue weighted by molar-refractivity contribution is -0.147. The first kappa shape index (κ1) is 13.8. The summed E-state index contributed by atoms with van der Waals surface area (Å²) >= 11 is 1.58. The largest absolute Gasteiger partial charge is 0.465 e. The number of carbonyl (C=O) groups excluding carboxylic acids is 1. The average Bonchev–Trinajstić information content (AvgIpc) is 2.18. The number of hydrogen-bond acceptors (Lipinski definition) is 4. The van der Waals surface area contributed by atoms with Gasteiger partial charge in [0.1, 0.15) is 0 Å². The van der Waals surface area contributed by atoms with Crippen molar-refractivity contribution in [3.8, 4) is 0 Å². The number of aliphatic hydroxyl groups excluding tert-OH is 1. The number of carbonyl (C=O) groups is 1. The third-order valence-corrected chi connectivity index (χ3v) is 2.96. The number of rotatable bonds is 8. The Morgan fingerprint density at radius 3 is 2.86 bits per heavy atom. The molecule has 0 radical (unpaired) electrons. The minimum absolute atomic E-state index is 0.0663. The predicted molar refractivity (Wildman–Crippen MR) is 59.4 cm³/mol. The maximum absolute atomic E-state index is 11.3. The van der Waals surface area contributed by atoms with Crippen LogP contribution in [0.3, 0.4) is 0 Å². The molecule has 0 aromatic heterocycles. The summed E-state index contributed by atoms with van der Waals surface area (Å²) in [5, 5.41) is 8.55. The van der Waals surface area contributed by atoms with E-state index in [-0.39, 0.29) is 18.5 Å². The standard InChI is InChI=1S/C10H20O3S/c1-3-4-6-13-10(12)9(2)8-14-7-5-11/h9,11H,3-8H2,1-2H3. The molecule has 3 nitrogen and oxygen atoms in total. The zero-order valence-corrected chi connectivity index (χ0v) is 9.81. The Morgan fingerprint density at radius 2 is 2.29 bits per heavy atom. The maximum Gasteiger partial charge on any atom is 0.309 e. The Hall–Kier alpha value is -0.220. The molecule has 4 heteroatoms. The molecule has 1 unspecified atom stereocenters. The minimum Gasteiger partial charge on any atom is -0.465 e. The van der Waals surface area contributed by atoms with E-state index in [1.54, 1.807) is 11.8 Å². The van der Waals surface area contributed by atoms with Gasteiger partial charge < -0.3 is 9.84 Å². The Bertz CT molecular complexity index is 150. The van der Waals surface area contributed by atoms with E-state index < -0.39 is 0 Å². The molecule has 0 aliphatic rings. The predicted octanol–water partition coefficient (Wildman–Crippen LogP) is 1.69. The highest BCUT2D eigenvalue weighted by Gasteiger charge is 2.13. The monoisotopic (exact) mass is 220 g/mol. The molecule has 0 bridgehead atoms. The molecule has 1 N–H and O–H groups in total. The number of aliphatic hydroxyl groups is 1. The minimum atomic E-state index is -0.121. The van der Waals surface area contributed by atoms with Gasteiger partial charge in [-0.25, -0.2) is 0 Å². The summed E-state index contributed by atoms with van der Waals surface area (Å²) in [5.74, 6) is 1.23. The summed E-state index contributed by atoms with van der Waals surface area (Å²) in [5.41, 5.74) is 0. The van der Waals surface area contributed by atoms with Crippen molar-refractivity contribution in [1.82, 2.24) is 0 Å². The van der Waals surface area contributed by atoms with Gasteiger partial charge in [0.2, 0.25) is 0 Å². The second kappa shape index (κ2) is 9.34. The first-order chi connectivity index (χ1) is 6.72. The number of unbranched alkanes of at least 4 members (excludes halogenated alkanes) is 1. The van der Waals surface area contributed by atoms with Crippen LogP contribution in [0.15, 0.2) is 0 Å². The van der Waals surface area contributed by atoms with Crippen LogP contribution in [-0.4, -0.2) is 35.8 Å². The summed E-state index contributed by atoms with van der Waals surface area (Å²) in [6.45, 7) is 4.62. The van der Waals surface area contributed by atoms with Gasteiger partial charge in [-0.2, -0.15) is 11.8 Å². The van der Waals surface area contributed by atoms with Gasteiger partial charge in [-0.05, 0) is 6.42 Å². The molecular weight excluding hydrogens is 200 g/mol. The van der Waals surface area contributed by atoms with Crippen LogP contribution in [0.2, 0.25) is 0 Å². The van der Waals surface area contributed by atoms with Crippen molar-refractivity contribution in [2.45, 2.75) is 26.7 Å². The molecule has 0 spiro atoms. The van der Waals surface area contributed by atoms with Gasteiger partial charge in [0.15, 0.2) is 0 Å². The Morgan fingerprint density at radius 1 is 1.57 bits per heavy atom. The highest BCUT2D eigenvalue weighted by atomic mass is 32.2. The Labute approximate surface area is 90.2 Å². The van der Waals surface area contributed by atoms with Crippen molar-refractivity contribution in [2.24, 2.45) is 5.92 Å². The van der Waals surface area contributed by atoms with E-state index in [4.69, 9.17) is 9.84 Å². The average molecular weight is 220 g/mol. The van der Waals surface area contributed by atoms with Crippen LogP contribution in [0.1, 0.15) is 26.7 Å². The van der Waals surface area contributed by atoms with Crippen molar-refractivity contribution in [2.75, 3.05) is 24.7 Å². The zero-order chi connectivity index (χ0) is 10.8. The number of thioether (sulfide) groups is 1. The van der Waals surface area contributed by atoms with Crippen LogP contribution in [0.25, 0.3) is 0 Å². The maximum atomic E-state index is 11.3. The molecule has 0 saturated carbocycles. The highest BCUT2D eigenvalue weighted by Crippen LogP contribution is 2.09. The smallest absolute Gasteiger partial charge is 0.309 e. The van der Waals surface area contributed by atoms with Crippen molar-refractivity contribution < 1.29 is 14.6 Å². The number of esters is 1. The summed E-state index contributed by atoms with van der Waals surface area (Å²) in [6, 6.07) is 0. The molecule has 0 saturated heterocycles. The van der Waals surface area contributed by atoms with Gasteiger partial charge in [0.25, 0.3) is 0 Å². The SMILES string of the molecule is CCCCOC(=O)C(C)CSCCO. The molecular formula is C10H20O3S. The van der Waals surface area contributed by atoms with Crippen LogP contribution in [-0.2, 0) is 9.53 Å². The van der Waals surface area contributed by atoms with E-state index in [9.17, 15) is 4.79 Å². The normalized spacial score (nSPS) is 12.5. The summed E-state index contributed by atoms with van der Waals surface area (Å²) in [6.07, 6.45) is 1.98. The molecule has 0 rings (SSSR count). The number of ether oxygens (including phenoxy) is 1. The van der Waals surface area contributed by atoms with E-state index in [1.165, 1.54) is 0 Å². The van der Waals surface area contributed by atoms with Crippen LogP contribution in [0.5, 0.6) is 0 Å². The molecule has 84 valence electrons. The third kappa shape index (κ3) is 7.21. The van der Waals surface area contributed by atoms with Crippen molar-refractivity contribution in [3.05, 3.63) is 0 Å². The molecule has 1 atom stereocenters. The van der Waals surface area contributed by atoms with E-state index in [2.05, 4.69) is 6.92 Å². The van der Waals surface area contributed by atoms with Gasteiger partial charge in [-0.1, -0.05) is 20.3 Å². The van der Waals surface area contributed by atoms with E-state index in [0.717, 1.165) is 18.6 Å². The highest BCUT2D eigenvalue weighted by molar-refractivity contribution is 7.99. The Balaban J connectivity index is 3.44. The molecule has 0 fully saturated rings. The van der Waals surface area contributed by atoms with E-state index in [1.807, 2.05) is 6.92 Å². The lowest BCUT2D eigenvalue weighted by Gasteiger charge is -2.10. The van der Waals surface area contributed by atoms with Crippen LogP contribution >= 0.6 is 11.8 Å². The Kier molecular flexibility index (Phi) is 9.19. The van der Waals surface area contributed by atoms with E-state index in [0.29, 0.717) is 12.4 Å². The quantitative estimate of drug-likeness (QED) is 0.499. The summed E-state index contributed by atoms with van der Waals surface area (Å²) in [4.78, 5) is 11.3. The van der Waals surface area contributed by atoms with Crippen molar-refractivity contribution in [1.29, 1.82) is 0 Å². The summed E-state index contributed by atoms with van der Waals surface area (Å²) < 4.78 is 5.06. The van der Waals surface area contributed by atoms with Crippen molar-refractivity contribution >= 4 is 17.7 Å². The molecule has 0 amide bonds. The van der Waals surface area contributed by atoms with Gasteiger partial charge >= 0.3 is 5.97 Å². The second-order valence-corrected chi connectivity index (χ2v) is 4.37. The molecule has 0 heterocycles. The fraction of sp³-hybridized carbons (Fsp3) is 0.900. The number of hydrogen-bond donors (Lipinski definition) is 1. The van der Waals surface area contributed by atoms with Gasteiger partial charge in [0, 0.05) is 11.5 Å². The fourth-order valence-electron chi connectivity index (χ4n) is 0.852. The van der Waals surface area contributed by atoms with Crippen LogP contribution < -0.4 is 0 Å². The molecule has 0 aliphatic carbocycles. The summed E-state index contributed by atoms with van der Waals surface area (Å²) in [7, 11) is 0. The lowest BCUT2D eigenvalue weighted by Crippen LogP contribution is -2.17. The third-order valence-electron chi connectivity index (χ3n) is 1.75. The lowest BCUT2D eigenvalue weighted by atomic mass is 10.2. The van der Waals surface area contributed by atoms with Crippen molar-refractivity contribution in [3.63, 3.8) is 0 Å². The molecule has 0 aromatic rings. The second-order valence-electron chi connectivity index (χ2n) is 3.22. The van der Waals surface area contributed by atoms with Crippen LogP contribution in [0, 0.1) is 5.92 Å². The first-order valence-corrected chi connectivity index (χ1v) is 6.23. The molecule has 0 aliphatic heterocycles. The fourth-order valence-corrected chi connectivity index (χ4v) is 1.64. The zero-order valence-electron chi connectivity index (χ0n) is 8.99.